The zero-order valence-corrected chi connectivity index (χ0v) is 8.17. The van der Waals surface area contributed by atoms with E-state index in [1.807, 2.05) is 37.3 Å². The molecule has 1 aromatic rings. The summed E-state index contributed by atoms with van der Waals surface area (Å²) in [7, 11) is 0. The molecule has 0 bridgehead atoms. The average Bonchev–Trinajstić information content (AvgIpc) is 2.16. The molecule has 0 saturated heterocycles. The van der Waals surface area contributed by atoms with Crippen molar-refractivity contribution in [1.82, 2.24) is 0 Å². The van der Waals surface area contributed by atoms with Crippen LogP contribution in [0.4, 0.5) is 5.69 Å². The molecule has 0 saturated carbocycles. The Morgan fingerprint density at radius 2 is 2.08 bits per heavy atom. The number of anilines is 1. The van der Waals surface area contributed by atoms with Crippen LogP contribution in [0.2, 0.25) is 0 Å². The van der Waals surface area contributed by atoms with Gasteiger partial charge >= 0.3 is 0 Å². The predicted octanol–water partition coefficient (Wildman–Crippen LogP) is 2.54. The summed E-state index contributed by atoms with van der Waals surface area (Å²) in [6.45, 7) is 2.50. The van der Waals surface area contributed by atoms with E-state index >= 15 is 0 Å². The summed E-state index contributed by atoms with van der Waals surface area (Å²) >= 11 is 5.62. The molecule has 13 heavy (non-hydrogen) atoms. The third-order valence-electron chi connectivity index (χ3n) is 1.68. The van der Waals surface area contributed by atoms with Gasteiger partial charge in [0, 0.05) is 12.2 Å². The van der Waals surface area contributed by atoms with Crippen LogP contribution in [0, 0.1) is 18.3 Å². The molecule has 2 nitrogen and oxygen atoms in total. The summed E-state index contributed by atoms with van der Waals surface area (Å²) in [5.74, 6) is 0. The Bertz CT molecular complexity index is 300. The van der Waals surface area contributed by atoms with Crippen molar-refractivity contribution in [1.29, 1.82) is 5.26 Å². The second kappa shape index (κ2) is 4.74. The van der Waals surface area contributed by atoms with Crippen molar-refractivity contribution in [2.24, 2.45) is 0 Å². The Morgan fingerprint density at radius 1 is 1.46 bits per heavy atom. The molecule has 1 aromatic carbocycles. The Hall–Kier alpha value is -1.20. The van der Waals surface area contributed by atoms with Crippen molar-refractivity contribution < 1.29 is 0 Å². The number of aryl methyl sites for hydroxylation is 1. The number of hydrogen-bond acceptors (Lipinski definition) is 2. The van der Waals surface area contributed by atoms with Gasteiger partial charge < -0.3 is 5.32 Å². The Kier molecular flexibility index (Phi) is 3.60. The second-order valence-corrected chi connectivity index (χ2v) is 3.37. The normalized spacial score (nSPS) is 11.8. The van der Waals surface area contributed by atoms with Crippen molar-refractivity contribution in [3.05, 3.63) is 29.8 Å². The molecule has 0 amide bonds. The van der Waals surface area contributed by atoms with Gasteiger partial charge in [0.25, 0.3) is 0 Å². The number of nitriles is 1. The van der Waals surface area contributed by atoms with Crippen LogP contribution >= 0.6 is 11.6 Å². The molecule has 0 aromatic heterocycles. The van der Waals surface area contributed by atoms with E-state index in [1.54, 1.807) is 0 Å². The average molecular weight is 195 g/mol. The highest BCUT2D eigenvalue weighted by atomic mass is 35.5. The van der Waals surface area contributed by atoms with E-state index in [9.17, 15) is 0 Å². The number of halogens is 1. The summed E-state index contributed by atoms with van der Waals surface area (Å²) in [5, 5.41) is 11.0. The molecule has 0 aliphatic heterocycles. The van der Waals surface area contributed by atoms with Crippen LogP contribution in [0.1, 0.15) is 5.56 Å². The second-order valence-electron chi connectivity index (χ2n) is 2.84. The predicted molar refractivity (Wildman–Crippen MR) is 54.9 cm³/mol. The fourth-order valence-electron chi connectivity index (χ4n) is 0.925. The van der Waals surface area contributed by atoms with Crippen LogP contribution in [0.3, 0.4) is 0 Å². The highest BCUT2D eigenvalue weighted by Gasteiger charge is 2.00. The van der Waals surface area contributed by atoms with Crippen molar-refractivity contribution in [3.8, 4) is 6.07 Å². The van der Waals surface area contributed by atoms with Crippen molar-refractivity contribution in [2.45, 2.75) is 12.3 Å². The van der Waals surface area contributed by atoms with Crippen LogP contribution in [0.5, 0.6) is 0 Å². The van der Waals surface area contributed by atoms with E-state index < -0.39 is 5.38 Å². The first kappa shape index (κ1) is 9.88. The lowest BCUT2D eigenvalue weighted by atomic mass is 10.2. The summed E-state index contributed by atoms with van der Waals surface area (Å²) in [5.41, 5.74) is 2.21. The summed E-state index contributed by atoms with van der Waals surface area (Å²) in [4.78, 5) is 0. The first-order chi connectivity index (χ1) is 6.22. The van der Waals surface area contributed by atoms with Gasteiger partial charge in [-0.05, 0) is 19.1 Å². The van der Waals surface area contributed by atoms with Crippen molar-refractivity contribution in [3.63, 3.8) is 0 Å². The molecule has 1 N–H and O–H groups in total. The zero-order valence-electron chi connectivity index (χ0n) is 7.42. The van der Waals surface area contributed by atoms with Crippen LogP contribution in [0.25, 0.3) is 0 Å². The van der Waals surface area contributed by atoms with Crippen molar-refractivity contribution >= 4 is 17.3 Å². The number of benzene rings is 1. The Morgan fingerprint density at radius 3 is 2.62 bits per heavy atom. The molecule has 68 valence electrons. The SMILES string of the molecule is Cc1ccc(NCC(Cl)C#N)cc1. The number of nitrogens with one attached hydrogen (secondary N) is 1. The van der Waals surface area contributed by atoms with Gasteiger partial charge in [-0.2, -0.15) is 5.26 Å². The van der Waals surface area contributed by atoms with E-state index in [4.69, 9.17) is 16.9 Å². The number of nitrogens with zero attached hydrogens (tertiary/aromatic N) is 1. The molecule has 0 aliphatic carbocycles. The Balaban J connectivity index is 2.47. The van der Waals surface area contributed by atoms with Gasteiger partial charge in [0.05, 0.1) is 6.07 Å². The number of alkyl halides is 1. The quantitative estimate of drug-likeness (QED) is 0.751. The van der Waals surface area contributed by atoms with Gasteiger partial charge in [0.15, 0.2) is 0 Å². The maximum absolute atomic E-state index is 8.43. The smallest absolute Gasteiger partial charge is 0.137 e. The van der Waals surface area contributed by atoms with Crippen LogP contribution in [0.15, 0.2) is 24.3 Å². The molecule has 0 spiro atoms. The Labute approximate surface area is 83.1 Å². The monoisotopic (exact) mass is 194 g/mol. The third kappa shape index (κ3) is 3.35. The van der Waals surface area contributed by atoms with E-state index in [2.05, 4.69) is 5.32 Å². The minimum Gasteiger partial charge on any atom is -0.382 e. The highest BCUT2D eigenvalue weighted by Crippen LogP contribution is 2.08. The van der Waals surface area contributed by atoms with E-state index in [0.29, 0.717) is 6.54 Å². The van der Waals surface area contributed by atoms with Gasteiger partial charge in [0.2, 0.25) is 0 Å². The van der Waals surface area contributed by atoms with E-state index in [1.165, 1.54) is 5.56 Å². The van der Waals surface area contributed by atoms with E-state index in [0.717, 1.165) is 5.69 Å². The molecular weight excluding hydrogens is 184 g/mol. The summed E-state index contributed by atoms with van der Waals surface area (Å²) < 4.78 is 0. The molecule has 0 aliphatic rings. The lowest BCUT2D eigenvalue weighted by molar-refractivity contribution is 1.08. The van der Waals surface area contributed by atoms with Gasteiger partial charge in [-0.15, -0.1) is 11.6 Å². The molecular formula is C10H11ClN2. The summed E-state index contributed by atoms with van der Waals surface area (Å²) in [6.07, 6.45) is 0. The van der Waals surface area contributed by atoms with E-state index in [-0.39, 0.29) is 0 Å². The third-order valence-corrected chi connectivity index (χ3v) is 1.93. The molecule has 0 heterocycles. The first-order valence-corrected chi connectivity index (χ1v) is 4.50. The molecule has 0 fully saturated rings. The minimum absolute atomic E-state index is 0.471. The van der Waals surface area contributed by atoms with Crippen LogP contribution in [-0.2, 0) is 0 Å². The van der Waals surface area contributed by atoms with Gasteiger partial charge in [-0.1, -0.05) is 17.7 Å². The molecule has 3 heteroatoms. The van der Waals surface area contributed by atoms with Crippen LogP contribution in [-0.4, -0.2) is 11.9 Å². The highest BCUT2D eigenvalue weighted by molar-refractivity contribution is 6.22. The number of rotatable bonds is 3. The van der Waals surface area contributed by atoms with Crippen molar-refractivity contribution in [2.75, 3.05) is 11.9 Å². The number of hydrogen-bond donors (Lipinski definition) is 1. The van der Waals surface area contributed by atoms with Gasteiger partial charge in [-0.3, -0.25) is 0 Å². The lowest BCUT2D eigenvalue weighted by Gasteiger charge is -2.05. The maximum Gasteiger partial charge on any atom is 0.137 e. The topological polar surface area (TPSA) is 35.8 Å². The molecule has 1 atom stereocenters. The van der Waals surface area contributed by atoms with Gasteiger partial charge in [0.1, 0.15) is 5.38 Å². The fourth-order valence-corrected chi connectivity index (χ4v) is 1.00. The van der Waals surface area contributed by atoms with Gasteiger partial charge in [-0.25, -0.2) is 0 Å². The largest absolute Gasteiger partial charge is 0.382 e. The van der Waals surface area contributed by atoms with Crippen LogP contribution < -0.4 is 5.32 Å². The minimum atomic E-state index is -0.471. The molecule has 0 radical (unpaired) electrons. The first-order valence-electron chi connectivity index (χ1n) is 4.06. The fraction of sp³-hybridized carbons (Fsp3) is 0.300. The zero-order chi connectivity index (χ0) is 9.68. The lowest BCUT2D eigenvalue weighted by Crippen LogP contribution is -2.11. The standard InChI is InChI=1S/C10H11ClN2/c1-8-2-4-10(5-3-8)13-7-9(11)6-12/h2-5,9,13H,7H2,1H3. The molecule has 1 rings (SSSR count). The maximum atomic E-state index is 8.43. The molecule has 1 unspecified atom stereocenters. The summed E-state index contributed by atoms with van der Waals surface area (Å²) in [6, 6.07) is 9.91.